The second-order valence-corrected chi connectivity index (χ2v) is 6.77. The second-order valence-electron chi connectivity index (χ2n) is 6.77. The summed E-state index contributed by atoms with van der Waals surface area (Å²) in [7, 11) is 5.77. The summed E-state index contributed by atoms with van der Waals surface area (Å²) in [5.41, 5.74) is 2.97. The van der Waals surface area contributed by atoms with Crippen molar-refractivity contribution in [1.82, 2.24) is 4.90 Å². The Morgan fingerprint density at radius 1 is 1.26 bits per heavy atom. The Balaban J connectivity index is 1.99. The van der Waals surface area contributed by atoms with Crippen LogP contribution in [0.4, 0.5) is 16.2 Å². The molecule has 2 atom stereocenters. The standard InChI is InChI=1S/C18H29N3O2/c1-13-15(9-7-10-16(13)20(2)3)19-18(23)21(4)12-14-8-5-6-11-17(14)22/h7,9-10,14,17,22H,5-6,8,11-12H2,1-4H3,(H,19,23). The lowest BCUT2D eigenvalue weighted by Gasteiger charge is -2.31. The molecule has 1 aromatic rings. The van der Waals surface area contributed by atoms with Gasteiger partial charge in [0.15, 0.2) is 0 Å². The van der Waals surface area contributed by atoms with Crippen LogP contribution in [-0.4, -0.2) is 49.8 Å². The zero-order valence-electron chi connectivity index (χ0n) is 14.7. The van der Waals surface area contributed by atoms with Gasteiger partial charge in [0.25, 0.3) is 0 Å². The number of rotatable bonds is 4. The zero-order valence-corrected chi connectivity index (χ0v) is 14.7. The van der Waals surface area contributed by atoms with Crippen LogP contribution in [0.5, 0.6) is 0 Å². The smallest absolute Gasteiger partial charge is 0.321 e. The first-order chi connectivity index (χ1) is 10.9. The van der Waals surface area contributed by atoms with Gasteiger partial charge >= 0.3 is 6.03 Å². The van der Waals surface area contributed by atoms with E-state index in [1.54, 1.807) is 11.9 Å². The third-order valence-corrected chi connectivity index (χ3v) is 4.75. The van der Waals surface area contributed by atoms with Gasteiger partial charge in [-0.2, -0.15) is 0 Å². The summed E-state index contributed by atoms with van der Waals surface area (Å²) in [6.07, 6.45) is 3.79. The molecule has 0 aromatic heterocycles. The Labute approximate surface area is 139 Å². The predicted octanol–water partition coefficient (Wildman–Crippen LogP) is 3.08. The maximum atomic E-state index is 12.4. The number of aliphatic hydroxyl groups excluding tert-OH is 1. The molecule has 1 aliphatic rings. The first kappa shape index (κ1) is 17.6. The summed E-state index contributed by atoms with van der Waals surface area (Å²) in [4.78, 5) is 16.2. The monoisotopic (exact) mass is 319 g/mol. The van der Waals surface area contributed by atoms with E-state index in [0.717, 1.165) is 42.6 Å². The number of anilines is 2. The third-order valence-electron chi connectivity index (χ3n) is 4.75. The second kappa shape index (κ2) is 7.68. The molecule has 0 radical (unpaired) electrons. The van der Waals surface area contributed by atoms with E-state index in [1.165, 1.54) is 0 Å². The molecule has 1 fully saturated rings. The van der Waals surface area contributed by atoms with Crippen LogP contribution in [0.2, 0.25) is 0 Å². The molecule has 1 saturated carbocycles. The highest BCUT2D eigenvalue weighted by molar-refractivity contribution is 5.91. The Morgan fingerprint density at radius 2 is 1.96 bits per heavy atom. The molecule has 5 nitrogen and oxygen atoms in total. The number of carbonyl (C=O) groups excluding carboxylic acids is 1. The quantitative estimate of drug-likeness (QED) is 0.897. The Kier molecular flexibility index (Phi) is 5.88. The lowest BCUT2D eigenvalue weighted by atomic mass is 9.86. The van der Waals surface area contributed by atoms with Gasteiger partial charge in [0, 0.05) is 45.0 Å². The molecule has 2 amide bonds. The highest BCUT2D eigenvalue weighted by Crippen LogP contribution is 2.27. The maximum absolute atomic E-state index is 12.4. The van der Waals surface area contributed by atoms with E-state index in [-0.39, 0.29) is 18.1 Å². The number of hydrogen-bond donors (Lipinski definition) is 2. The van der Waals surface area contributed by atoms with Gasteiger partial charge in [0.1, 0.15) is 0 Å². The van der Waals surface area contributed by atoms with Gasteiger partial charge in [-0.3, -0.25) is 0 Å². The molecule has 128 valence electrons. The molecule has 2 N–H and O–H groups in total. The van der Waals surface area contributed by atoms with Crippen molar-refractivity contribution in [3.8, 4) is 0 Å². The molecule has 5 heteroatoms. The predicted molar refractivity (Wildman–Crippen MR) is 95.1 cm³/mol. The van der Waals surface area contributed by atoms with Gasteiger partial charge < -0.3 is 20.2 Å². The zero-order chi connectivity index (χ0) is 17.0. The van der Waals surface area contributed by atoms with Crippen LogP contribution in [0.25, 0.3) is 0 Å². The number of nitrogens with one attached hydrogen (secondary N) is 1. The van der Waals surface area contributed by atoms with Crippen molar-refractivity contribution in [3.63, 3.8) is 0 Å². The molecule has 0 heterocycles. The van der Waals surface area contributed by atoms with Crippen molar-refractivity contribution in [2.45, 2.75) is 38.7 Å². The number of hydrogen-bond acceptors (Lipinski definition) is 3. The fourth-order valence-corrected chi connectivity index (χ4v) is 3.29. The summed E-state index contributed by atoms with van der Waals surface area (Å²) in [5.74, 6) is 0.189. The number of urea groups is 1. The average molecular weight is 319 g/mol. The van der Waals surface area contributed by atoms with E-state index >= 15 is 0 Å². The SMILES string of the molecule is Cc1c(NC(=O)N(C)CC2CCCCC2O)cccc1N(C)C. The first-order valence-electron chi connectivity index (χ1n) is 8.37. The van der Waals surface area contributed by atoms with Crippen LogP contribution in [-0.2, 0) is 0 Å². The summed E-state index contributed by atoms with van der Waals surface area (Å²) in [6.45, 7) is 2.61. The minimum Gasteiger partial charge on any atom is -0.393 e. The van der Waals surface area contributed by atoms with Crippen LogP contribution in [0.3, 0.4) is 0 Å². The van der Waals surface area contributed by atoms with Gasteiger partial charge in [-0.15, -0.1) is 0 Å². The molecule has 0 saturated heterocycles. The van der Waals surface area contributed by atoms with Crippen molar-refractivity contribution in [2.24, 2.45) is 5.92 Å². The molecular formula is C18H29N3O2. The number of amides is 2. The molecule has 1 aromatic carbocycles. The highest BCUT2D eigenvalue weighted by Gasteiger charge is 2.25. The van der Waals surface area contributed by atoms with Gasteiger partial charge in [-0.25, -0.2) is 4.79 Å². The Morgan fingerprint density at radius 3 is 2.61 bits per heavy atom. The van der Waals surface area contributed by atoms with E-state index in [1.807, 2.05) is 44.1 Å². The maximum Gasteiger partial charge on any atom is 0.321 e. The van der Waals surface area contributed by atoms with E-state index in [4.69, 9.17) is 0 Å². The van der Waals surface area contributed by atoms with E-state index < -0.39 is 0 Å². The third kappa shape index (κ3) is 4.38. The Hall–Kier alpha value is -1.75. The van der Waals surface area contributed by atoms with Crippen molar-refractivity contribution >= 4 is 17.4 Å². The van der Waals surface area contributed by atoms with E-state index in [9.17, 15) is 9.90 Å². The molecule has 0 bridgehead atoms. The molecule has 23 heavy (non-hydrogen) atoms. The minimum atomic E-state index is -0.280. The molecule has 0 aliphatic heterocycles. The van der Waals surface area contributed by atoms with Gasteiger partial charge in [0.05, 0.1) is 6.10 Å². The summed E-state index contributed by atoms with van der Waals surface area (Å²) in [6, 6.07) is 5.78. The number of carbonyl (C=O) groups is 1. The highest BCUT2D eigenvalue weighted by atomic mass is 16.3. The minimum absolute atomic E-state index is 0.123. The van der Waals surface area contributed by atoms with Crippen molar-refractivity contribution < 1.29 is 9.90 Å². The fourth-order valence-electron chi connectivity index (χ4n) is 3.29. The summed E-state index contributed by atoms with van der Waals surface area (Å²) >= 11 is 0. The van der Waals surface area contributed by atoms with Crippen molar-refractivity contribution in [1.29, 1.82) is 0 Å². The van der Waals surface area contributed by atoms with Crippen LogP contribution in [0.15, 0.2) is 18.2 Å². The van der Waals surface area contributed by atoms with Gasteiger partial charge in [0.2, 0.25) is 0 Å². The van der Waals surface area contributed by atoms with Crippen LogP contribution < -0.4 is 10.2 Å². The average Bonchev–Trinajstić information content (AvgIpc) is 2.51. The number of nitrogens with zero attached hydrogens (tertiary/aromatic N) is 2. The molecule has 0 spiro atoms. The van der Waals surface area contributed by atoms with Crippen molar-refractivity contribution in [3.05, 3.63) is 23.8 Å². The van der Waals surface area contributed by atoms with E-state index in [2.05, 4.69) is 5.32 Å². The molecule has 2 unspecified atom stereocenters. The molecular weight excluding hydrogens is 290 g/mol. The lowest BCUT2D eigenvalue weighted by molar-refractivity contribution is 0.0575. The van der Waals surface area contributed by atoms with Gasteiger partial charge in [-0.1, -0.05) is 18.9 Å². The fraction of sp³-hybridized carbons (Fsp3) is 0.611. The first-order valence-corrected chi connectivity index (χ1v) is 8.37. The van der Waals surface area contributed by atoms with Crippen LogP contribution >= 0.6 is 0 Å². The Bertz CT molecular complexity index is 545. The lowest BCUT2D eigenvalue weighted by Crippen LogP contribution is -2.40. The van der Waals surface area contributed by atoms with Crippen LogP contribution in [0.1, 0.15) is 31.2 Å². The largest absolute Gasteiger partial charge is 0.393 e. The summed E-state index contributed by atoms with van der Waals surface area (Å²) in [5, 5.41) is 13.1. The van der Waals surface area contributed by atoms with E-state index in [0.29, 0.717) is 6.54 Å². The molecule has 2 rings (SSSR count). The molecule has 1 aliphatic carbocycles. The topological polar surface area (TPSA) is 55.8 Å². The normalized spacial score (nSPS) is 20.9. The summed E-state index contributed by atoms with van der Waals surface area (Å²) < 4.78 is 0. The van der Waals surface area contributed by atoms with Gasteiger partial charge in [-0.05, 0) is 37.5 Å². The number of aliphatic hydroxyl groups is 1. The number of benzene rings is 1. The van der Waals surface area contributed by atoms with Crippen LogP contribution in [0, 0.1) is 12.8 Å². The van der Waals surface area contributed by atoms with Crippen molar-refractivity contribution in [2.75, 3.05) is 37.9 Å².